The predicted octanol–water partition coefficient (Wildman–Crippen LogP) is 1.33. The standard InChI is InChI=1S/C12H26N2O/c1-9(2)10(3)14(4)7-12(13)11-5-6-15-8-11/h9-12H,5-8,13H2,1-4H3. The van der Waals surface area contributed by atoms with Crippen molar-refractivity contribution >= 4 is 0 Å². The van der Waals surface area contributed by atoms with Gasteiger partial charge in [0.05, 0.1) is 6.61 Å². The summed E-state index contributed by atoms with van der Waals surface area (Å²) in [6, 6.07) is 0.858. The lowest BCUT2D eigenvalue weighted by Gasteiger charge is -2.31. The van der Waals surface area contributed by atoms with Gasteiger partial charge in [-0.25, -0.2) is 0 Å². The normalized spacial score (nSPS) is 26.2. The minimum atomic E-state index is 0.263. The Balaban J connectivity index is 2.32. The summed E-state index contributed by atoms with van der Waals surface area (Å²) in [4.78, 5) is 2.37. The van der Waals surface area contributed by atoms with Crippen molar-refractivity contribution in [2.75, 3.05) is 26.8 Å². The Hall–Kier alpha value is -0.120. The van der Waals surface area contributed by atoms with Crippen LogP contribution in [0, 0.1) is 11.8 Å². The van der Waals surface area contributed by atoms with Gasteiger partial charge >= 0.3 is 0 Å². The third-order valence-corrected chi connectivity index (χ3v) is 3.73. The van der Waals surface area contributed by atoms with E-state index in [1.807, 2.05) is 0 Å². The minimum Gasteiger partial charge on any atom is -0.381 e. The van der Waals surface area contributed by atoms with E-state index < -0.39 is 0 Å². The Morgan fingerprint density at radius 2 is 2.07 bits per heavy atom. The molecule has 0 aromatic heterocycles. The van der Waals surface area contributed by atoms with E-state index in [2.05, 4.69) is 32.7 Å². The lowest BCUT2D eigenvalue weighted by Crippen LogP contribution is -2.45. The number of ether oxygens (including phenoxy) is 1. The molecule has 1 aliphatic rings. The van der Waals surface area contributed by atoms with Crippen molar-refractivity contribution in [2.45, 2.75) is 39.3 Å². The average molecular weight is 214 g/mol. The topological polar surface area (TPSA) is 38.5 Å². The summed E-state index contributed by atoms with van der Waals surface area (Å²) in [5.74, 6) is 1.24. The van der Waals surface area contributed by atoms with Crippen LogP contribution in [0.1, 0.15) is 27.2 Å². The number of rotatable bonds is 5. The van der Waals surface area contributed by atoms with Crippen LogP contribution in [-0.4, -0.2) is 43.8 Å². The van der Waals surface area contributed by atoms with Gasteiger partial charge in [-0.15, -0.1) is 0 Å². The highest BCUT2D eigenvalue weighted by Gasteiger charge is 2.25. The molecule has 0 spiro atoms. The lowest BCUT2D eigenvalue weighted by molar-refractivity contribution is 0.157. The van der Waals surface area contributed by atoms with Crippen molar-refractivity contribution in [1.82, 2.24) is 4.90 Å². The van der Waals surface area contributed by atoms with Crippen LogP contribution in [-0.2, 0) is 4.74 Å². The molecule has 1 saturated heterocycles. The van der Waals surface area contributed by atoms with E-state index in [0.29, 0.717) is 17.9 Å². The van der Waals surface area contributed by atoms with Crippen LogP contribution in [0.5, 0.6) is 0 Å². The monoisotopic (exact) mass is 214 g/mol. The summed E-state index contributed by atoms with van der Waals surface area (Å²) in [5.41, 5.74) is 6.20. The molecule has 0 amide bonds. The van der Waals surface area contributed by atoms with Gasteiger partial charge in [-0.3, -0.25) is 0 Å². The first-order valence-corrected chi connectivity index (χ1v) is 6.06. The number of likely N-dealkylation sites (N-methyl/N-ethyl adjacent to an activating group) is 1. The first kappa shape index (κ1) is 12.9. The largest absolute Gasteiger partial charge is 0.381 e. The maximum absolute atomic E-state index is 6.20. The van der Waals surface area contributed by atoms with Crippen LogP contribution in [0.25, 0.3) is 0 Å². The van der Waals surface area contributed by atoms with Crippen molar-refractivity contribution in [3.63, 3.8) is 0 Å². The highest BCUT2D eigenvalue weighted by molar-refractivity contribution is 4.80. The minimum absolute atomic E-state index is 0.263. The summed E-state index contributed by atoms with van der Waals surface area (Å²) >= 11 is 0. The van der Waals surface area contributed by atoms with Gasteiger partial charge in [-0.1, -0.05) is 13.8 Å². The Morgan fingerprint density at radius 1 is 1.40 bits per heavy atom. The maximum Gasteiger partial charge on any atom is 0.0510 e. The molecule has 0 aromatic rings. The van der Waals surface area contributed by atoms with Crippen molar-refractivity contribution < 1.29 is 4.74 Å². The van der Waals surface area contributed by atoms with E-state index >= 15 is 0 Å². The smallest absolute Gasteiger partial charge is 0.0510 e. The van der Waals surface area contributed by atoms with Gasteiger partial charge in [0.1, 0.15) is 0 Å². The number of nitrogens with zero attached hydrogens (tertiary/aromatic N) is 1. The Morgan fingerprint density at radius 3 is 2.53 bits per heavy atom. The highest BCUT2D eigenvalue weighted by atomic mass is 16.5. The zero-order valence-electron chi connectivity index (χ0n) is 10.6. The second-order valence-electron chi connectivity index (χ2n) is 5.21. The van der Waals surface area contributed by atoms with Crippen LogP contribution in [0.2, 0.25) is 0 Å². The predicted molar refractivity (Wildman–Crippen MR) is 63.8 cm³/mol. The Kier molecular flexibility index (Phi) is 5.03. The van der Waals surface area contributed by atoms with Crippen LogP contribution in [0.4, 0.5) is 0 Å². The van der Waals surface area contributed by atoms with Crippen LogP contribution < -0.4 is 5.73 Å². The molecular weight excluding hydrogens is 188 g/mol. The molecule has 0 aromatic carbocycles. The number of hydrogen-bond donors (Lipinski definition) is 1. The molecule has 1 heterocycles. The van der Waals surface area contributed by atoms with Crippen LogP contribution in [0.3, 0.4) is 0 Å². The zero-order valence-corrected chi connectivity index (χ0v) is 10.6. The van der Waals surface area contributed by atoms with E-state index in [1.165, 1.54) is 0 Å². The van der Waals surface area contributed by atoms with Crippen molar-refractivity contribution in [3.05, 3.63) is 0 Å². The summed E-state index contributed by atoms with van der Waals surface area (Å²) in [6.07, 6.45) is 1.13. The number of hydrogen-bond acceptors (Lipinski definition) is 3. The summed E-state index contributed by atoms with van der Waals surface area (Å²) in [7, 11) is 2.17. The highest BCUT2D eigenvalue weighted by Crippen LogP contribution is 2.17. The van der Waals surface area contributed by atoms with Gasteiger partial charge in [0.15, 0.2) is 0 Å². The summed E-state index contributed by atoms with van der Waals surface area (Å²) < 4.78 is 5.37. The van der Waals surface area contributed by atoms with E-state index in [-0.39, 0.29) is 6.04 Å². The molecule has 15 heavy (non-hydrogen) atoms. The molecule has 3 atom stereocenters. The first-order chi connectivity index (χ1) is 7.02. The van der Waals surface area contributed by atoms with Gasteiger partial charge in [-0.05, 0) is 26.3 Å². The molecule has 1 rings (SSSR count). The third kappa shape index (κ3) is 3.74. The Bertz CT molecular complexity index is 172. The van der Waals surface area contributed by atoms with E-state index in [9.17, 15) is 0 Å². The molecule has 0 radical (unpaired) electrons. The molecule has 3 nitrogen and oxygen atoms in total. The fourth-order valence-corrected chi connectivity index (χ4v) is 2.05. The molecular formula is C12H26N2O. The Labute approximate surface area is 94.0 Å². The van der Waals surface area contributed by atoms with Crippen LogP contribution in [0.15, 0.2) is 0 Å². The van der Waals surface area contributed by atoms with E-state index in [1.54, 1.807) is 0 Å². The average Bonchev–Trinajstić information content (AvgIpc) is 2.68. The van der Waals surface area contributed by atoms with Gasteiger partial charge in [0, 0.05) is 31.2 Å². The second kappa shape index (κ2) is 5.83. The molecule has 0 bridgehead atoms. The third-order valence-electron chi connectivity index (χ3n) is 3.73. The van der Waals surface area contributed by atoms with E-state index in [0.717, 1.165) is 26.2 Å². The lowest BCUT2D eigenvalue weighted by atomic mass is 9.98. The van der Waals surface area contributed by atoms with Gasteiger partial charge in [0.2, 0.25) is 0 Å². The molecule has 1 fully saturated rings. The number of nitrogens with two attached hydrogens (primary N) is 1. The quantitative estimate of drug-likeness (QED) is 0.750. The molecule has 2 N–H and O–H groups in total. The maximum atomic E-state index is 6.20. The first-order valence-electron chi connectivity index (χ1n) is 6.06. The fraction of sp³-hybridized carbons (Fsp3) is 1.00. The van der Waals surface area contributed by atoms with Crippen molar-refractivity contribution in [3.8, 4) is 0 Å². The molecule has 1 aliphatic heterocycles. The zero-order chi connectivity index (χ0) is 11.4. The van der Waals surface area contributed by atoms with E-state index in [4.69, 9.17) is 10.5 Å². The molecule has 0 saturated carbocycles. The van der Waals surface area contributed by atoms with Gasteiger partial charge in [-0.2, -0.15) is 0 Å². The van der Waals surface area contributed by atoms with Crippen molar-refractivity contribution in [2.24, 2.45) is 17.6 Å². The van der Waals surface area contributed by atoms with Gasteiger partial charge in [0.25, 0.3) is 0 Å². The summed E-state index contributed by atoms with van der Waals surface area (Å²) in [6.45, 7) is 9.50. The SMILES string of the molecule is CC(C)C(C)N(C)CC(N)C1CCOC1. The molecule has 0 aliphatic carbocycles. The molecule has 90 valence electrons. The fourth-order valence-electron chi connectivity index (χ4n) is 2.05. The molecule has 3 heteroatoms. The van der Waals surface area contributed by atoms with Crippen LogP contribution >= 0.6 is 0 Å². The van der Waals surface area contributed by atoms with Gasteiger partial charge < -0.3 is 15.4 Å². The van der Waals surface area contributed by atoms with Crippen molar-refractivity contribution in [1.29, 1.82) is 0 Å². The molecule has 3 unspecified atom stereocenters. The summed E-state index contributed by atoms with van der Waals surface area (Å²) in [5, 5.41) is 0. The second-order valence-corrected chi connectivity index (χ2v) is 5.21.